The Morgan fingerprint density at radius 3 is 1.29 bits per heavy atom. The molecule has 8 unspecified atom stereocenters. The molecule has 8 fully saturated rings. The van der Waals surface area contributed by atoms with Crippen molar-refractivity contribution in [3.63, 3.8) is 0 Å². The molecular weight excluding hydrogens is 1050 g/mol. The fraction of sp³-hybridized carbons (Fsp3) is 0.750. The SMILES string of the molecule is C1=CC2C3C=CC(C3)C2C1.C1CCC([PH+](C2CCCCC2)C2CCCCC2)CC1.C1CCC([PH+](C2CCCCC2)C2CCCCC2)CC1.C=CC1CC(/C=C/C)C(/C=C/C)C1CC.[Cl][Ru]([Cl])=[CH]c1ccccc1. The Labute approximate surface area is 467 Å². The normalized spacial score (nSPS) is 31.5. The van der Waals surface area contributed by atoms with Crippen LogP contribution in [0.2, 0.25) is 0 Å². The van der Waals surface area contributed by atoms with Crippen LogP contribution in [0.5, 0.6) is 0 Å². The first-order valence-electron chi connectivity index (χ1n) is 31.8. The van der Waals surface area contributed by atoms with Gasteiger partial charge in [-0.25, -0.2) is 0 Å². The third-order valence-electron chi connectivity index (χ3n) is 20.6. The van der Waals surface area contributed by atoms with Gasteiger partial charge in [-0.3, -0.25) is 0 Å². The zero-order valence-electron chi connectivity index (χ0n) is 47.1. The molecule has 0 saturated heterocycles. The van der Waals surface area contributed by atoms with Crippen molar-refractivity contribution in [3.8, 4) is 0 Å². The first-order valence-corrected chi connectivity index (χ1v) is 40.7. The van der Waals surface area contributed by atoms with E-state index in [2.05, 4.69) is 82.0 Å². The van der Waals surface area contributed by atoms with E-state index in [0.717, 1.165) is 47.0 Å². The van der Waals surface area contributed by atoms with Gasteiger partial charge in [0, 0.05) is 15.8 Å². The van der Waals surface area contributed by atoms with Gasteiger partial charge < -0.3 is 0 Å². The van der Waals surface area contributed by atoms with Crippen LogP contribution in [0.4, 0.5) is 0 Å². The summed E-state index contributed by atoms with van der Waals surface area (Å²) in [5.41, 5.74) is 8.48. The molecule has 0 radical (unpaired) electrons. The molecule has 0 nitrogen and oxygen atoms in total. The average molecular weight is 1160 g/mol. The quantitative estimate of drug-likeness (QED) is 0.118. The van der Waals surface area contributed by atoms with Gasteiger partial charge >= 0.3 is 73.4 Å². The van der Waals surface area contributed by atoms with Crippen LogP contribution in [0.3, 0.4) is 0 Å². The fourth-order valence-electron chi connectivity index (χ4n) is 17.3. The summed E-state index contributed by atoms with van der Waals surface area (Å²) in [6.07, 6.45) is 74.0. The van der Waals surface area contributed by atoms with Gasteiger partial charge in [0.25, 0.3) is 0 Å². The first kappa shape index (κ1) is 60.5. The summed E-state index contributed by atoms with van der Waals surface area (Å²) >= 11 is -1.61. The molecule has 11 rings (SSSR count). The van der Waals surface area contributed by atoms with Crippen molar-refractivity contribution in [1.29, 1.82) is 0 Å². The molecule has 0 aromatic heterocycles. The van der Waals surface area contributed by atoms with Crippen molar-refractivity contribution >= 4 is 39.8 Å². The Morgan fingerprint density at radius 1 is 0.521 bits per heavy atom. The molecule has 0 aliphatic heterocycles. The van der Waals surface area contributed by atoms with Crippen molar-refractivity contribution < 1.29 is 13.5 Å². The van der Waals surface area contributed by atoms with Gasteiger partial charge in [0.15, 0.2) is 0 Å². The van der Waals surface area contributed by atoms with E-state index in [-0.39, 0.29) is 15.8 Å². The molecular formula is C68H110Cl2P2Ru+2. The number of benzene rings is 1. The minimum atomic E-state index is -1.61. The second kappa shape index (κ2) is 34.1. The number of allylic oxidation sites excluding steroid dienone is 9. The molecule has 8 atom stereocenters. The van der Waals surface area contributed by atoms with Gasteiger partial charge in [-0.15, -0.1) is 6.58 Å². The summed E-state index contributed by atoms with van der Waals surface area (Å²) in [4.78, 5) is 0. The number of rotatable bonds is 11. The van der Waals surface area contributed by atoms with Crippen LogP contribution in [-0.4, -0.2) is 38.6 Å². The first-order chi connectivity index (χ1) is 35.9. The number of halogens is 2. The van der Waals surface area contributed by atoms with E-state index >= 15 is 0 Å². The number of hydrogen-bond donors (Lipinski definition) is 0. The van der Waals surface area contributed by atoms with Crippen LogP contribution < -0.4 is 0 Å². The summed E-state index contributed by atoms with van der Waals surface area (Å²) in [5, 5.41) is 0. The molecule has 8 saturated carbocycles. The minimum absolute atomic E-state index is 0.0465. The van der Waals surface area contributed by atoms with E-state index in [1.807, 2.05) is 34.9 Å². The predicted molar refractivity (Wildman–Crippen MR) is 331 cm³/mol. The molecule has 0 heterocycles. The maximum absolute atomic E-state index is 5.67. The Hall–Kier alpha value is -0.147. The average Bonchev–Trinajstić information content (AvgIpc) is 4.27. The van der Waals surface area contributed by atoms with Crippen molar-refractivity contribution in [1.82, 2.24) is 0 Å². The molecule has 1 aromatic carbocycles. The summed E-state index contributed by atoms with van der Waals surface area (Å²) in [7, 11) is 11.2. The molecule has 0 amide bonds. The van der Waals surface area contributed by atoms with Gasteiger partial charge in [-0.05, 0) is 235 Å². The van der Waals surface area contributed by atoms with E-state index in [1.54, 1.807) is 193 Å². The standard InChI is InChI=1S/2C18H33P.C15H24.C10H12.C7H6.2ClH.Ru/c2*1-4-10-16(11-5-1)19(17-12-6-2-7-13-17)18-14-8-3-9-15-18;1-5-9-13-11-12(7-3)14(8-4)15(13)10-6-2;1-2-9-7-4-5-8(6-7)10(9)3-1;1-7-5-3-2-4-6-7;;;/h2*16-18H,1-15H2;5-7,9-10,12-15H,3,8,11H2,1-2,4H3;1-2,4-5,7-10H,3,6H2;1-6H;2*1H;/q;;;;;;;+2/b;;9-5+,10-6+;;;;;. The molecule has 0 N–H and O–H groups in total. The number of hydrogen-bond acceptors (Lipinski definition) is 0. The third kappa shape index (κ3) is 18.7. The van der Waals surface area contributed by atoms with Crippen LogP contribution in [0.1, 0.15) is 245 Å². The van der Waals surface area contributed by atoms with Crippen LogP contribution in [-0.2, 0) is 13.5 Å². The van der Waals surface area contributed by atoms with Gasteiger partial charge in [-0.2, -0.15) is 0 Å². The summed E-state index contributed by atoms with van der Waals surface area (Å²) in [6, 6.07) is 9.89. The second-order valence-electron chi connectivity index (χ2n) is 25.1. The molecule has 10 aliphatic carbocycles. The van der Waals surface area contributed by atoms with Gasteiger partial charge in [0.05, 0.1) is 34.0 Å². The second-order valence-corrected chi connectivity index (χ2v) is 37.7. The van der Waals surface area contributed by atoms with E-state index < -0.39 is 13.5 Å². The van der Waals surface area contributed by atoms with Crippen molar-refractivity contribution in [3.05, 3.63) is 97.2 Å². The zero-order valence-corrected chi connectivity index (χ0v) is 52.4. The van der Waals surface area contributed by atoms with Crippen molar-refractivity contribution in [2.45, 2.75) is 273 Å². The van der Waals surface area contributed by atoms with E-state index in [0.29, 0.717) is 5.92 Å². The Kier molecular flexibility index (Phi) is 28.3. The summed E-state index contributed by atoms with van der Waals surface area (Å²) < 4.78 is 1.92. The van der Waals surface area contributed by atoms with Crippen LogP contribution in [0, 0.1) is 47.3 Å². The van der Waals surface area contributed by atoms with Gasteiger partial charge in [0.1, 0.15) is 0 Å². The number of fused-ring (bicyclic) bond motifs is 5. The zero-order chi connectivity index (χ0) is 51.0. The molecule has 10 aliphatic rings. The van der Waals surface area contributed by atoms with E-state index in [1.165, 1.54) is 59.6 Å². The van der Waals surface area contributed by atoms with Crippen LogP contribution >= 0.6 is 35.2 Å². The van der Waals surface area contributed by atoms with Crippen LogP contribution in [0.15, 0.2) is 91.6 Å². The summed E-state index contributed by atoms with van der Waals surface area (Å²) in [6.45, 7) is 10.5. The molecule has 1 aromatic rings. The topological polar surface area (TPSA) is 0 Å². The summed E-state index contributed by atoms with van der Waals surface area (Å²) in [5.74, 6) is 6.76. The Bertz CT molecular complexity index is 1660. The monoisotopic (exact) mass is 1160 g/mol. The molecule has 412 valence electrons. The molecule has 2 bridgehead atoms. The molecule has 73 heavy (non-hydrogen) atoms. The Balaban J connectivity index is 0.000000137. The van der Waals surface area contributed by atoms with E-state index in [4.69, 9.17) is 19.4 Å². The van der Waals surface area contributed by atoms with Crippen molar-refractivity contribution in [2.75, 3.05) is 0 Å². The molecule has 0 spiro atoms. The fourth-order valence-corrected chi connectivity index (χ4v) is 29.5. The Morgan fingerprint density at radius 2 is 0.932 bits per heavy atom. The van der Waals surface area contributed by atoms with Crippen LogP contribution in [0.25, 0.3) is 0 Å². The maximum atomic E-state index is 5.67. The van der Waals surface area contributed by atoms with Gasteiger partial charge in [0.2, 0.25) is 0 Å². The molecule has 5 heteroatoms. The third-order valence-corrected chi connectivity index (χ3v) is 31.6. The van der Waals surface area contributed by atoms with Gasteiger partial charge in [-0.1, -0.05) is 107 Å². The van der Waals surface area contributed by atoms with E-state index in [9.17, 15) is 0 Å². The van der Waals surface area contributed by atoms with Crippen molar-refractivity contribution in [2.24, 2.45) is 47.3 Å². The predicted octanol–water partition coefficient (Wildman–Crippen LogP) is 22.1.